The molecule has 1 amide bonds. The van der Waals surface area contributed by atoms with E-state index in [9.17, 15) is 9.59 Å². The molecule has 0 spiro atoms. The van der Waals surface area contributed by atoms with E-state index in [4.69, 9.17) is 10.2 Å². The van der Waals surface area contributed by atoms with Crippen molar-refractivity contribution in [3.63, 3.8) is 0 Å². The van der Waals surface area contributed by atoms with E-state index in [1.165, 1.54) is 0 Å². The van der Waals surface area contributed by atoms with E-state index in [0.717, 1.165) is 18.2 Å². The van der Waals surface area contributed by atoms with Crippen molar-refractivity contribution in [3.8, 4) is 0 Å². The molecule has 0 aliphatic carbocycles. The fourth-order valence-electron chi connectivity index (χ4n) is 3.11. The van der Waals surface area contributed by atoms with Crippen molar-refractivity contribution >= 4 is 16.9 Å². The molecule has 22 heavy (non-hydrogen) atoms. The highest BCUT2D eigenvalue weighted by molar-refractivity contribution is 5.96. The first-order valence-corrected chi connectivity index (χ1v) is 7.64. The lowest BCUT2D eigenvalue weighted by Crippen LogP contribution is -2.50. The first-order chi connectivity index (χ1) is 10.6. The third kappa shape index (κ3) is 2.64. The van der Waals surface area contributed by atoms with Gasteiger partial charge in [0.1, 0.15) is 11.1 Å². The number of benzene rings is 1. The Morgan fingerprint density at radius 2 is 2.18 bits per heavy atom. The number of carbonyl (C=O) groups is 1. The van der Waals surface area contributed by atoms with E-state index in [-0.39, 0.29) is 17.5 Å². The Morgan fingerprint density at radius 3 is 2.95 bits per heavy atom. The lowest BCUT2D eigenvalue weighted by molar-refractivity contribution is 0.0569. The van der Waals surface area contributed by atoms with E-state index in [1.807, 2.05) is 12.1 Å². The van der Waals surface area contributed by atoms with Crippen LogP contribution in [0.25, 0.3) is 11.0 Å². The fraction of sp³-hybridized carbons (Fsp3) is 0.412. The summed E-state index contributed by atoms with van der Waals surface area (Å²) in [6.45, 7) is 3.21. The molecule has 1 saturated heterocycles. The molecule has 116 valence electrons. The van der Waals surface area contributed by atoms with Crippen LogP contribution in [0.3, 0.4) is 0 Å². The quantitative estimate of drug-likeness (QED) is 0.861. The van der Waals surface area contributed by atoms with Crippen molar-refractivity contribution in [3.05, 3.63) is 46.3 Å². The molecule has 1 fully saturated rings. The molecule has 0 radical (unpaired) electrons. The smallest absolute Gasteiger partial charge is 0.349 e. The van der Waals surface area contributed by atoms with Gasteiger partial charge in [-0.2, -0.15) is 0 Å². The number of nitrogens with zero attached hydrogens (tertiary/aromatic N) is 1. The topological polar surface area (TPSA) is 76.5 Å². The third-order valence-electron chi connectivity index (χ3n) is 4.38. The molecule has 1 aromatic carbocycles. The number of carbonyl (C=O) groups excluding carboxylic acids is 1. The lowest BCUT2D eigenvalue weighted by atomic mass is 9.92. The molecule has 5 nitrogen and oxygen atoms in total. The number of amides is 1. The Hall–Kier alpha value is -2.14. The second kappa shape index (κ2) is 5.93. The molecule has 2 aromatic rings. The van der Waals surface area contributed by atoms with Crippen LogP contribution in [0.2, 0.25) is 0 Å². The Bertz CT molecular complexity index is 753. The van der Waals surface area contributed by atoms with Crippen molar-refractivity contribution in [2.24, 2.45) is 11.7 Å². The minimum atomic E-state index is -0.585. The molecule has 1 aliphatic rings. The Labute approximate surface area is 128 Å². The number of likely N-dealkylation sites (tertiary alicyclic amines) is 1. The predicted octanol–water partition coefficient (Wildman–Crippen LogP) is 1.99. The van der Waals surface area contributed by atoms with Gasteiger partial charge < -0.3 is 15.1 Å². The fourth-order valence-corrected chi connectivity index (χ4v) is 3.11. The average molecular weight is 300 g/mol. The standard InChI is InChI=1S/C17H20N2O3/c1-11-6-7-19(13(8-11)10-18)16(20)14-9-12-4-2-3-5-15(12)22-17(14)21/h2-5,9,11,13H,6-8,10,18H2,1H3. The number of hydrogen-bond donors (Lipinski definition) is 1. The molecular weight excluding hydrogens is 280 g/mol. The van der Waals surface area contributed by atoms with Crippen molar-refractivity contribution in [2.45, 2.75) is 25.8 Å². The number of nitrogens with two attached hydrogens (primary N) is 1. The number of para-hydroxylation sites is 1. The van der Waals surface area contributed by atoms with Crippen molar-refractivity contribution in [1.29, 1.82) is 0 Å². The molecule has 3 rings (SSSR count). The van der Waals surface area contributed by atoms with Crippen LogP contribution in [0.4, 0.5) is 0 Å². The van der Waals surface area contributed by atoms with Crippen LogP contribution < -0.4 is 11.4 Å². The summed E-state index contributed by atoms with van der Waals surface area (Å²) < 4.78 is 5.26. The van der Waals surface area contributed by atoms with Crippen molar-refractivity contribution in [1.82, 2.24) is 4.90 Å². The van der Waals surface area contributed by atoms with Gasteiger partial charge in [0.2, 0.25) is 0 Å². The average Bonchev–Trinajstić information content (AvgIpc) is 2.53. The summed E-state index contributed by atoms with van der Waals surface area (Å²) in [7, 11) is 0. The van der Waals surface area contributed by atoms with Gasteiger partial charge >= 0.3 is 5.63 Å². The van der Waals surface area contributed by atoms with E-state index in [0.29, 0.717) is 24.6 Å². The largest absolute Gasteiger partial charge is 0.422 e. The molecule has 1 aromatic heterocycles. The summed E-state index contributed by atoms with van der Waals surface area (Å²) in [6.07, 6.45) is 1.81. The number of rotatable bonds is 2. The maximum atomic E-state index is 12.8. The molecule has 2 atom stereocenters. The van der Waals surface area contributed by atoms with Crippen LogP contribution in [-0.4, -0.2) is 29.9 Å². The zero-order chi connectivity index (χ0) is 15.7. The second-order valence-electron chi connectivity index (χ2n) is 6.00. The van der Waals surface area contributed by atoms with Gasteiger partial charge in [0.05, 0.1) is 0 Å². The molecule has 0 bridgehead atoms. The van der Waals surface area contributed by atoms with Crippen molar-refractivity contribution in [2.75, 3.05) is 13.1 Å². The Morgan fingerprint density at radius 1 is 1.41 bits per heavy atom. The van der Waals surface area contributed by atoms with Crippen molar-refractivity contribution < 1.29 is 9.21 Å². The van der Waals surface area contributed by atoms with Gasteiger partial charge in [0.15, 0.2) is 0 Å². The highest BCUT2D eigenvalue weighted by Crippen LogP contribution is 2.23. The highest BCUT2D eigenvalue weighted by atomic mass is 16.4. The SMILES string of the molecule is CC1CCN(C(=O)c2cc3ccccc3oc2=O)C(CN)C1. The summed E-state index contributed by atoms with van der Waals surface area (Å²) in [6, 6.07) is 8.80. The van der Waals surface area contributed by atoms with Crippen LogP contribution >= 0.6 is 0 Å². The predicted molar refractivity (Wildman–Crippen MR) is 84.8 cm³/mol. The Balaban J connectivity index is 1.97. The molecular formula is C17H20N2O3. The van der Waals surface area contributed by atoms with Gasteiger partial charge in [-0.25, -0.2) is 4.79 Å². The van der Waals surface area contributed by atoms with Crippen LogP contribution in [0.15, 0.2) is 39.5 Å². The summed E-state index contributed by atoms with van der Waals surface area (Å²) in [5.74, 6) is 0.271. The first kappa shape index (κ1) is 14.8. The van der Waals surface area contributed by atoms with Gasteiger partial charge in [-0.1, -0.05) is 25.1 Å². The normalized spacial score (nSPS) is 22.0. The minimum absolute atomic E-state index is 0.0119. The lowest BCUT2D eigenvalue weighted by Gasteiger charge is -2.37. The van der Waals surface area contributed by atoms with E-state index < -0.39 is 5.63 Å². The summed E-state index contributed by atoms with van der Waals surface area (Å²) in [5, 5.41) is 0.750. The second-order valence-corrected chi connectivity index (χ2v) is 6.00. The highest BCUT2D eigenvalue weighted by Gasteiger charge is 2.31. The summed E-state index contributed by atoms with van der Waals surface area (Å²) >= 11 is 0. The third-order valence-corrected chi connectivity index (χ3v) is 4.38. The molecule has 1 aliphatic heterocycles. The molecule has 2 unspecified atom stereocenters. The molecule has 0 saturated carbocycles. The van der Waals surface area contributed by atoms with E-state index in [2.05, 4.69) is 6.92 Å². The zero-order valence-corrected chi connectivity index (χ0v) is 12.6. The minimum Gasteiger partial charge on any atom is -0.422 e. The van der Waals surface area contributed by atoms with Crippen LogP contribution in [0, 0.1) is 5.92 Å². The van der Waals surface area contributed by atoms with Gasteiger partial charge in [-0.15, -0.1) is 0 Å². The molecule has 2 N–H and O–H groups in total. The van der Waals surface area contributed by atoms with Crippen LogP contribution in [-0.2, 0) is 0 Å². The maximum absolute atomic E-state index is 12.8. The number of fused-ring (bicyclic) bond motifs is 1. The van der Waals surface area contributed by atoms with Gasteiger partial charge in [-0.05, 0) is 30.9 Å². The van der Waals surface area contributed by atoms with Gasteiger partial charge in [0.25, 0.3) is 5.91 Å². The van der Waals surface area contributed by atoms with Gasteiger partial charge in [0, 0.05) is 24.5 Å². The molecule has 2 heterocycles. The summed E-state index contributed by atoms with van der Waals surface area (Å²) in [5.41, 5.74) is 5.80. The van der Waals surface area contributed by atoms with E-state index >= 15 is 0 Å². The van der Waals surface area contributed by atoms with Crippen LogP contribution in [0.1, 0.15) is 30.1 Å². The first-order valence-electron chi connectivity index (χ1n) is 7.64. The monoisotopic (exact) mass is 300 g/mol. The van der Waals surface area contributed by atoms with E-state index in [1.54, 1.807) is 23.1 Å². The Kier molecular flexibility index (Phi) is 3.98. The number of piperidine rings is 1. The van der Waals surface area contributed by atoms with Crippen LogP contribution in [0.5, 0.6) is 0 Å². The summed E-state index contributed by atoms with van der Waals surface area (Å²) in [4.78, 5) is 26.6. The zero-order valence-electron chi connectivity index (χ0n) is 12.6. The van der Waals surface area contributed by atoms with Gasteiger partial charge in [-0.3, -0.25) is 4.79 Å². The maximum Gasteiger partial charge on any atom is 0.349 e. The number of hydrogen-bond acceptors (Lipinski definition) is 4. The molecule has 5 heteroatoms.